The van der Waals surface area contributed by atoms with Crippen LogP contribution in [0.4, 0.5) is 0 Å². The van der Waals surface area contributed by atoms with Gasteiger partial charge in [-0.25, -0.2) is 0 Å². The van der Waals surface area contributed by atoms with Gasteiger partial charge in [0.15, 0.2) is 0 Å². The fourth-order valence-corrected chi connectivity index (χ4v) is 3.46. The zero-order chi connectivity index (χ0) is 15.5. The van der Waals surface area contributed by atoms with Crippen molar-refractivity contribution < 1.29 is 0 Å². The van der Waals surface area contributed by atoms with Crippen LogP contribution in [0.5, 0.6) is 0 Å². The average Bonchev–Trinajstić information content (AvgIpc) is 2.49. The summed E-state index contributed by atoms with van der Waals surface area (Å²) in [6, 6.07) is 13.2. The lowest BCUT2D eigenvalue weighted by atomic mass is 9.79. The van der Waals surface area contributed by atoms with Crippen LogP contribution in [-0.4, -0.2) is 11.8 Å². The minimum Gasteiger partial charge on any atom is -0.126 e. The zero-order valence-electron chi connectivity index (χ0n) is 11.1. The molecular formula is C16H13Cl5. The molecule has 0 aliphatic rings. The molecule has 0 saturated heterocycles. The van der Waals surface area contributed by atoms with Crippen LogP contribution in [0.1, 0.15) is 11.1 Å². The van der Waals surface area contributed by atoms with E-state index in [1.807, 2.05) is 36.4 Å². The third kappa shape index (κ3) is 4.00. The van der Waals surface area contributed by atoms with Crippen molar-refractivity contribution in [2.45, 2.75) is 11.8 Å². The van der Waals surface area contributed by atoms with Crippen LogP contribution < -0.4 is 0 Å². The van der Waals surface area contributed by atoms with Gasteiger partial charge >= 0.3 is 0 Å². The van der Waals surface area contributed by atoms with Crippen LogP contribution in [0, 0.1) is 0 Å². The highest BCUT2D eigenvalue weighted by Crippen LogP contribution is 2.34. The van der Waals surface area contributed by atoms with Gasteiger partial charge in [0.2, 0.25) is 0 Å². The lowest BCUT2D eigenvalue weighted by molar-refractivity contribution is 0.536. The van der Waals surface area contributed by atoms with E-state index in [0.29, 0.717) is 33.2 Å². The maximum Gasteiger partial charge on any atom is 0.0595 e. The molecule has 0 bridgehead atoms. The molecule has 0 aliphatic carbocycles. The van der Waals surface area contributed by atoms with Crippen molar-refractivity contribution in [1.82, 2.24) is 0 Å². The van der Waals surface area contributed by atoms with Crippen molar-refractivity contribution in [2.75, 3.05) is 11.8 Å². The molecule has 0 unspecified atom stereocenters. The molecule has 112 valence electrons. The molecule has 5 heteroatoms. The molecule has 2 aromatic carbocycles. The SMILES string of the molecule is ClCC(CCl)(Cc1ccc(Cl)c(Cl)c1)c1ccc(Cl)cc1. The summed E-state index contributed by atoms with van der Waals surface area (Å²) in [6.07, 6.45) is 0.679. The summed E-state index contributed by atoms with van der Waals surface area (Å²) in [4.78, 5) is 0. The van der Waals surface area contributed by atoms with Crippen LogP contribution in [0.3, 0.4) is 0 Å². The summed E-state index contributed by atoms with van der Waals surface area (Å²) in [5.41, 5.74) is 1.73. The minimum atomic E-state index is -0.370. The van der Waals surface area contributed by atoms with Crippen molar-refractivity contribution in [3.8, 4) is 0 Å². The monoisotopic (exact) mass is 380 g/mol. The van der Waals surface area contributed by atoms with Crippen LogP contribution in [-0.2, 0) is 11.8 Å². The van der Waals surface area contributed by atoms with E-state index in [-0.39, 0.29) is 5.41 Å². The van der Waals surface area contributed by atoms with Gasteiger partial charge in [0.1, 0.15) is 0 Å². The highest BCUT2D eigenvalue weighted by Gasteiger charge is 2.31. The lowest BCUT2D eigenvalue weighted by Crippen LogP contribution is -2.33. The van der Waals surface area contributed by atoms with Crippen molar-refractivity contribution >= 4 is 58.0 Å². The van der Waals surface area contributed by atoms with Crippen LogP contribution in [0.15, 0.2) is 42.5 Å². The van der Waals surface area contributed by atoms with Gasteiger partial charge in [-0.15, -0.1) is 23.2 Å². The summed E-state index contributed by atoms with van der Waals surface area (Å²) in [6.45, 7) is 0. The van der Waals surface area contributed by atoms with Crippen LogP contribution in [0.25, 0.3) is 0 Å². The van der Waals surface area contributed by atoms with E-state index in [9.17, 15) is 0 Å². The molecule has 0 saturated carbocycles. The molecule has 2 aromatic rings. The molecule has 0 aromatic heterocycles. The summed E-state index contributed by atoms with van der Waals surface area (Å²) in [5, 5.41) is 1.75. The fourth-order valence-electron chi connectivity index (χ4n) is 2.23. The number of hydrogen-bond donors (Lipinski definition) is 0. The highest BCUT2D eigenvalue weighted by molar-refractivity contribution is 6.42. The Kier molecular flexibility index (Phi) is 6.11. The van der Waals surface area contributed by atoms with E-state index in [1.54, 1.807) is 6.07 Å². The Bertz CT molecular complexity index is 603. The molecule has 0 atom stereocenters. The third-order valence-electron chi connectivity index (χ3n) is 3.49. The summed E-state index contributed by atoms with van der Waals surface area (Å²) < 4.78 is 0. The Hall–Kier alpha value is -0.110. The fraction of sp³-hybridized carbons (Fsp3) is 0.250. The van der Waals surface area contributed by atoms with Gasteiger partial charge in [0.25, 0.3) is 0 Å². The first-order chi connectivity index (χ1) is 10.0. The topological polar surface area (TPSA) is 0 Å². The molecule has 0 radical (unpaired) electrons. The first-order valence-corrected chi connectivity index (χ1v) is 8.53. The zero-order valence-corrected chi connectivity index (χ0v) is 14.8. The molecule has 2 rings (SSSR count). The maximum absolute atomic E-state index is 6.24. The Balaban J connectivity index is 2.37. The summed E-state index contributed by atoms with van der Waals surface area (Å²) in [5.74, 6) is 0.802. The van der Waals surface area contributed by atoms with Crippen molar-refractivity contribution in [1.29, 1.82) is 0 Å². The second kappa shape index (κ2) is 7.44. The lowest BCUT2D eigenvalue weighted by Gasteiger charge is -2.30. The van der Waals surface area contributed by atoms with E-state index < -0.39 is 0 Å². The molecular weight excluding hydrogens is 369 g/mol. The normalized spacial score (nSPS) is 11.7. The predicted molar refractivity (Wildman–Crippen MR) is 94.7 cm³/mol. The molecule has 0 nitrogen and oxygen atoms in total. The van der Waals surface area contributed by atoms with Crippen LogP contribution >= 0.6 is 58.0 Å². The Labute approximate surface area is 149 Å². The number of benzene rings is 2. The Morgan fingerprint density at radius 1 is 0.762 bits per heavy atom. The summed E-state index contributed by atoms with van der Waals surface area (Å²) in [7, 11) is 0. The molecule has 0 amide bonds. The standard InChI is InChI=1S/C16H13Cl5/c17-9-16(10-18,12-2-4-13(19)5-3-12)8-11-1-6-14(20)15(21)7-11/h1-7H,8-10H2. The molecule has 0 aliphatic heterocycles. The molecule has 0 heterocycles. The van der Waals surface area contributed by atoms with Gasteiger partial charge < -0.3 is 0 Å². The van der Waals surface area contributed by atoms with Gasteiger partial charge in [0, 0.05) is 22.2 Å². The maximum atomic E-state index is 6.24. The molecule has 0 fully saturated rings. The second-order valence-electron chi connectivity index (χ2n) is 4.98. The number of hydrogen-bond acceptors (Lipinski definition) is 0. The molecule has 0 spiro atoms. The van der Waals surface area contributed by atoms with Gasteiger partial charge in [-0.05, 0) is 41.8 Å². The Morgan fingerprint density at radius 3 is 1.90 bits per heavy atom. The quantitative estimate of drug-likeness (QED) is 0.511. The van der Waals surface area contributed by atoms with Crippen LogP contribution in [0.2, 0.25) is 15.1 Å². The highest BCUT2D eigenvalue weighted by atomic mass is 35.5. The number of rotatable bonds is 5. The second-order valence-corrected chi connectivity index (χ2v) is 6.77. The van der Waals surface area contributed by atoms with Crippen molar-refractivity contribution in [2.24, 2.45) is 0 Å². The van der Waals surface area contributed by atoms with Gasteiger partial charge in [0.05, 0.1) is 10.0 Å². The average molecular weight is 383 g/mol. The minimum absolute atomic E-state index is 0.370. The van der Waals surface area contributed by atoms with E-state index in [0.717, 1.165) is 11.1 Å². The predicted octanol–water partition coefficient (Wildman–Crippen LogP) is 6.60. The number of halogens is 5. The smallest absolute Gasteiger partial charge is 0.0595 e. The molecule has 21 heavy (non-hydrogen) atoms. The number of alkyl halides is 2. The van der Waals surface area contributed by atoms with Gasteiger partial charge in [-0.2, -0.15) is 0 Å². The largest absolute Gasteiger partial charge is 0.126 e. The van der Waals surface area contributed by atoms with E-state index >= 15 is 0 Å². The van der Waals surface area contributed by atoms with E-state index in [4.69, 9.17) is 58.0 Å². The van der Waals surface area contributed by atoms with Gasteiger partial charge in [-0.1, -0.05) is 53.0 Å². The summed E-state index contributed by atoms with van der Waals surface area (Å²) >= 11 is 30.5. The first-order valence-electron chi connectivity index (χ1n) is 6.33. The van der Waals surface area contributed by atoms with Crippen molar-refractivity contribution in [3.63, 3.8) is 0 Å². The Morgan fingerprint density at radius 2 is 1.38 bits per heavy atom. The van der Waals surface area contributed by atoms with Gasteiger partial charge in [-0.3, -0.25) is 0 Å². The van der Waals surface area contributed by atoms with E-state index in [1.165, 1.54) is 0 Å². The van der Waals surface area contributed by atoms with E-state index in [2.05, 4.69) is 0 Å². The third-order valence-corrected chi connectivity index (χ3v) is 5.51. The molecule has 0 N–H and O–H groups in total. The van der Waals surface area contributed by atoms with Crippen molar-refractivity contribution in [3.05, 3.63) is 68.7 Å². The first kappa shape index (κ1) is 17.2.